The molecule has 5 nitrogen and oxygen atoms in total. The van der Waals surface area contributed by atoms with Crippen LogP contribution in [0.1, 0.15) is 0 Å². The van der Waals surface area contributed by atoms with Gasteiger partial charge in [-0.2, -0.15) is 0 Å². The monoisotopic (exact) mass is 278 g/mol. The topological polar surface area (TPSA) is 90.2 Å². The van der Waals surface area contributed by atoms with E-state index >= 15 is 0 Å². The summed E-state index contributed by atoms with van der Waals surface area (Å²) >= 11 is 0. The second-order valence-corrected chi connectivity index (χ2v) is 4.58. The quantitative estimate of drug-likeness (QED) is 0.601. The molecule has 2 aromatic rings. The molecule has 0 amide bonds. The minimum absolute atomic E-state index is 0.407. The van der Waals surface area contributed by atoms with E-state index in [0.717, 1.165) is 0 Å². The molecule has 5 heteroatoms. The van der Waals surface area contributed by atoms with Crippen LogP contribution < -0.4 is 0 Å². The number of benzene rings is 2. The van der Waals surface area contributed by atoms with E-state index in [1.54, 1.807) is 0 Å². The van der Waals surface area contributed by atoms with Crippen LogP contribution in [0.25, 0.3) is 10.8 Å². The number of aliphatic hydroxyl groups is 4. The Kier molecular flexibility index (Phi) is 5.05. The van der Waals surface area contributed by atoms with Crippen molar-refractivity contribution in [2.75, 3.05) is 6.61 Å². The van der Waals surface area contributed by atoms with Crippen molar-refractivity contribution < 1.29 is 25.2 Å². The minimum Gasteiger partial charge on any atom is -0.394 e. The van der Waals surface area contributed by atoms with Crippen LogP contribution in [0.2, 0.25) is 0 Å². The van der Waals surface area contributed by atoms with E-state index in [1.807, 2.05) is 0 Å². The third kappa shape index (κ3) is 3.33. The van der Waals surface area contributed by atoms with Gasteiger partial charge in [-0.05, 0) is 10.8 Å². The van der Waals surface area contributed by atoms with Crippen molar-refractivity contribution >= 4 is 10.8 Å². The maximum atomic E-state index is 8.93. The molecular weight excluding hydrogens is 260 g/mol. The molecular formula is C15H18O5. The van der Waals surface area contributed by atoms with Gasteiger partial charge in [0.2, 0.25) is 0 Å². The second kappa shape index (κ2) is 6.78. The molecule has 0 aliphatic carbocycles. The van der Waals surface area contributed by atoms with E-state index in [1.165, 1.54) is 10.8 Å². The molecule has 3 rings (SSSR count). The number of ether oxygens (including phenoxy) is 1. The molecule has 2 aromatic carbocycles. The maximum Gasteiger partial charge on any atom is 0.184 e. The Morgan fingerprint density at radius 2 is 1.25 bits per heavy atom. The van der Waals surface area contributed by atoms with Gasteiger partial charge in [0, 0.05) is 0 Å². The van der Waals surface area contributed by atoms with Gasteiger partial charge in [-0.1, -0.05) is 48.5 Å². The molecule has 4 N–H and O–H groups in total. The molecule has 4 atom stereocenters. The Morgan fingerprint density at radius 1 is 0.800 bits per heavy atom. The third-order valence-corrected chi connectivity index (χ3v) is 3.18. The first kappa shape index (κ1) is 14.9. The Hall–Kier alpha value is -1.50. The van der Waals surface area contributed by atoms with Crippen LogP contribution in [0.15, 0.2) is 48.5 Å². The first-order valence-electron chi connectivity index (χ1n) is 6.38. The molecule has 1 aliphatic heterocycles. The summed E-state index contributed by atoms with van der Waals surface area (Å²) in [7, 11) is 0. The predicted octanol–water partition coefficient (Wildman–Crippen LogP) is 0.257. The summed E-state index contributed by atoms with van der Waals surface area (Å²) in [6.07, 6.45) is -4.76. The zero-order chi connectivity index (χ0) is 14.5. The van der Waals surface area contributed by atoms with Crippen LogP contribution in [0.5, 0.6) is 0 Å². The summed E-state index contributed by atoms with van der Waals surface area (Å²) in [5.41, 5.74) is 0. The summed E-state index contributed by atoms with van der Waals surface area (Å²) in [6.45, 7) is -0.407. The molecule has 0 saturated carbocycles. The number of hydrogen-bond donors (Lipinski definition) is 4. The smallest absolute Gasteiger partial charge is 0.184 e. The van der Waals surface area contributed by atoms with Crippen molar-refractivity contribution in [3.05, 3.63) is 48.5 Å². The van der Waals surface area contributed by atoms with Gasteiger partial charge >= 0.3 is 0 Å². The van der Waals surface area contributed by atoms with Gasteiger partial charge in [-0.3, -0.25) is 0 Å². The Morgan fingerprint density at radius 3 is 1.50 bits per heavy atom. The third-order valence-electron chi connectivity index (χ3n) is 3.18. The molecule has 1 unspecified atom stereocenters. The van der Waals surface area contributed by atoms with Gasteiger partial charge < -0.3 is 25.2 Å². The highest BCUT2D eigenvalue weighted by atomic mass is 16.6. The number of hydrogen-bond acceptors (Lipinski definition) is 5. The van der Waals surface area contributed by atoms with Crippen molar-refractivity contribution in [2.24, 2.45) is 0 Å². The van der Waals surface area contributed by atoms with Crippen LogP contribution in [-0.4, -0.2) is 51.6 Å². The summed E-state index contributed by atoms with van der Waals surface area (Å²) in [5, 5.41) is 37.6. The molecule has 0 aromatic heterocycles. The van der Waals surface area contributed by atoms with Crippen LogP contribution in [0, 0.1) is 0 Å². The molecule has 1 fully saturated rings. The SMILES string of the molecule is OC[C@H]1OC(O)[C@H](O)[C@H]1O.c1ccc2ccccc2c1. The Labute approximate surface area is 116 Å². The Balaban J connectivity index is 0.000000147. The Bertz CT molecular complexity index is 479. The predicted molar refractivity (Wildman–Crippen MR) is 73.9 cm³/mol. The van der Waals surface area contributed by atoms with Gasteiger partial charge in [0.05, 0.1) is 6.61 Å². The second-order valence-electron chi connectivity index (χ2n) is 4.58. The molecule has 1 aliphatic rings. The highest BCUT2D eigenvalue weighted by Gasteiger charge is 2.41. The van der Waals surface area contributed by atoms with Crippen LogP contribution in [-0.2, 0) is 4.74 Å². The van der Waals surface area contributed by atoms with Crippen LogP contribution in [0.3, 0.4) is 0 Å². The fraction of sp³-hybridized carbons (Fsp3) is 0.333. The van der Waals surface area contributed by atoms with E-state index in [2.05, 4.69) is 53.3 Å². The zero-order valence-corrected chi connectivity index (χ0v) is 10.8. The van der Waals surface area contributed by atoms with E-state index in [9.17, 15) is 0 Å². The lowest BCUT2D eigenvalue weighted by molar-refractivity contribution is -0.132. The molecule has 1 saturated heterocycles. The standard InChI is InChI=1S/C10H8.C5H10O5/c1-2-6-10-8-4-3-7-9(10)5-1;6-1-2-3(7)4(8)5(9)10-2/h1-8H;2-9H,1H2/t;2-,3+,4-,5?/m.1/s1. The fourth-order valence-corrected chi connectivity index (χ4v) is 2.01. The van der Waals surface area contributed by atoms with Gasteiger partial charge in [0.1, 0.15) is 18.3 Å². The summed E-state index contributed by atoms with van der Waals surface area (Å²) in [6, 6.07) is 16.7. The summed E-state index contributed by atoms with van der Waals surface area (Å²) < 4.78 is 4.54. The molecule has 20 heavy (non-hydrogen) atoms. The lowest BCUT2D eigenvalue weighted by Crippen LogP contribution is -2.33. The van der Waals surface area contributed by atoms with E-state index < -0.39 is 31.2 Å². The molecule has 0 spiro atoms. The molecule has 108 valence electrons. The average molecular weight is 278 g/mol. The van der Waals surface area contributed by atoms with E-state index in [-0.39, 0.29) is 0 Å². The zero-order valence-electron chi connectivity index (χ0n) is 10.8. The summed E-state index contributed by atoms with van der Waals surface area (Å²) in [4.78, 5) is 0. The van der Waals surface area contributed by atoms with Crippen molar-refractivity contribution in [3.63, 3.8) is 0 Å². The van der Waals surface area contributed by atoms with Gasteiger partial charge in [-0.25, -0.2) is 0 Å². The van der Waals surface area contributed by atoms with Crippen LogP contribution >= 0.6 is 0 Å². The number of fused-ring (bicyclic) bond motifs is 1. The van der Waals surface area contributed by atoms with E-state index in [0.29, 0.717) is 0 Å². The maximum absolute atomic E-state index is 8.93. The lowest BCUT2D eigenvalue weighted by Gasteiger charge is -2.09. The fourth-order valence-electron chi connectivity index (χ4n) is 2.01. The number of rotatable bonds is 1. The first-order valence-corrected chi connectivity index (χ1v) is 6.38. The molecule has 0 radical (unpaired) electrons. The average Bonchev–Trinajstić information content (AvgIpc) is 2.75. The highest BCUT2D eigenvalue weighted by Crippen LogP contribution is 2.18. The summed E-state index contributed by atoms with van der Waals surface area (Å²) in [5.74, 6) is 0. The highest BCUT2D eigenvalue weighted by molar-refractivity contribution is 5.81. The largest absolute Gasteiger partial charge is 0.394 e. The van der Waals surface area contributed by atoms with Crippen molar-refractivity contribution in [2.45, 2.75) is 24.6 Å². The first-order chi connectivity index (χ1) is 9.63. The van der Waals surface area contributed by atoms with Crippen LogP contribution in [0.4, 0.5) is 0 Å². The lowest BCUT2D eigenvalue weighted by atomic mass is 10.1. The van der Waals surface area contributed by atoms with Crippen molar-refractivity contribution in [3.8, 4) is 0 Å². The van der Waals surface area contributed by atoms with Gasteiger partial charge in [0.25, 0.3) is 0 Å². The molecule has 1 heterocycles. The minimum atomic E-state index is -1.38. The molecule has 0 bridgehead atoms. The van der Waals surface area contributed by atoms with Gasteiger partial charge in [0.15, 0.2) is 6.29 Å². The van der Waals surface area contributed by atoms with Gasteiger partial charge in [-0.15, -0.1) is 0 Å². The number of aliphatic hydroxyl groups excluding tert-OH is 4. The normalized spacial score (nSPS) is 29.0. The van der Waals surface area contributed by atoms with Crippen molar-refractivity contribution in [1.29, 1.82) is 0 Å². The van der Waals surface area contributed by atoms with Crippen molar-refractivity contribution in [1.82, 2.24) is 0 Å². The van der Waals surface area contributed by atoms with E-state index in [4.69, 9.17) is 20.4 Å².